The molecule has 3 nitrogen and oxygen atoms in total. The Bertz CT molecular complexity index is 352. The van der Waals surface area contributed by atoms with Crippen LogP contribution in [-0.2, 0) is 11.2 Å². The fourth-order valence-electron chi connectivity index (χ4n) is 1.15. The highest BCUT2D eigenvalue weighted by atomic mass is 16.1. The molecule has 0 aromatic heterocycles. The average Bonchev–Trinajstić information content (AvgIpc) is 2.19. The summed E-state index contributed by atoms with van der Waals surface area (Å²) in [5.74, 6) is 0. The second-order valence-electron chi connectivity index (χ2n) is 2.57. The average molecular weight is 174 g/mol. The smallest absolute Gasteiger partial charge is 0.211 e. The third-order valence-electron chi connectivity index (χ3n) is 1.81. The van der Waals surface area contributed by atoms with Gasteiger partial charge in [-0.25, -0.2) is 4.85 Å². The summed E-state index contributed by atoms with van der Waals surface area (Å²) in [7, 11) is 0. The van der Waals surface area contributed by atoms with Gasteiger partial charge in [0, 0.05) is 5.69 Å². The van der Waals surface area contributed by atoms with E-state index in [9.17, 15) is 4.79 Å². The van der Waals surface area contributed by atoms with Crippen molar-refractivity contribution in [1.29, 1.82) is 0 Å². The second kappa shape index (κ2) is 4.27. The fourth-order valence-corrected chi connectivity index (χ4v) is 1.15. The molecular formula is C10H10N2O. The Morgan fingerprint density at radius 1 is 1.62 bits per heavy atom. The monoisotopic (exact) mass is 174 g/mol. The number of hydrogen-bond acceptors (Lipinski definition) is 1. The quantitative estimate of drug-likeness (QED) is 0.554. The predicted molar refractivity (Wildman–Crippen MR) is 51.8 cm³/mol. The molecule has 0 aliphatic carbocycles. The molecule has 0 saturated carbocycles. The van der Waals surface area contributed by atoms with Gasteiger partial charge in [-0.3, -0.25) is 4.79 Å². The van der Waals surface area contributed by atoms with E-state index in [4.69, 9.17) is 6.57 Å². The zero-order chi connectivity index (χ0) is 9.68. The molecule has 1 rings (SSSR count). The molecule has 1 aromatic rings. The second-order valence-corrected chi connectivity index (χ2v) is 2.57. The molecule has 66 valence electrons. The Kier molecular flexibility index (Phi) is 3.04. The molecule has 0 heterocycles. The molecule has 1 amide bonds. The van der Waals surface area contributed by atoms with Crippen LogP contribution in [0.15, 0.2) is 18.2 Å². The van der Waals surface area contributed by atoms with Crippen molar-refractivity contribution < 1.29 is 4.79 Å². The number of carbonyl (C=O) groups excluding carboxylic acids is 1. The van der Waals surface area contributed by atoms with Crippen molar-refractivity contribution in [1.82, 2.24) is 0 Å². The maximum absolute atomic E-state index is 10.2. The van der Waals surface area contributed by atoms with Gasteiger partial charge in [-0.05, 0) is 18.1 Å². The van der Waals surface area contributed by atoms with Gasteiger partial charge in [0.25, 0.3) is 0 Å². The first kappa shape index (κ1) is 9.27. The van der Waals surface area contributed by atoms with E-state index < -0.39 is 0 Å². The number of nitrogens with zero attached hydrogens (tertiary/aromatic N) is 1. The van der Waals surface area contributed by atoms with Crippen LogP contribution in [0, 0.1) is 6.57 Å². The zero-order valence-electron chi connectivity index (χ0n) is 7.37. The van der Waals surface area contributed by atoms with Gasteiger partial charge in [-0.1, -0.05) is 19.1 Å². The molecule has 0 aliphatic heterocycles. The van der Waals surface area contributed by atoms with E-state index in [1.807, 2.05) is 6.92 Å². The summed E-state index contributed by atoms with van der Waals surface area (Å²) in [5.41, 5.74) is 2.37. The molecule has 1 aromatic carbocycles. The summed E-state index contributed by atoms with van der Waals surface area (Å²) in [6.07, 6.45) is 1.45. The van der Waals surface area contributed by atoms with E-state index in [2.05, 4.69) is 10.2 Å². The first-order valence-electron chi connectivity index (χ1n) is 4.02. The van der Waals surface area contributed by atoms with Gasteiger partial charge >= 0.3 is 0 Å². The van der Waals surface area contributed by atoms with Crippen LogP contribution in [0.3, 0.4) is 0 Å². The van der Waals surface area contributed by atoms with E-state index in [1.165, 1.54) is 0 Å². The lowest BCUT2D eigenvalue weighted by atomic mass is 10.1. The number of carbonyl (C=O) groups is 1. The summed E-state index contributed by atoms with van der Waals surface area (Å²) in [6.45, 7) is 8.81. The maximum atomic E-state index is 10.2. The SMILES string of the molecule is [C-]#[N+]c1ccc(NC=O)c(CC)c1. The lowest BCUT2D eigenvalue weighted by molar-refractivity contribution is -0.105. The lowest BCUT2D eigenvalue weighted by Crippen LogP contribution is -1.97. The Morgan fingerprint density at radius 2 is 2.38 bits per heavy atom. The van der Waals surface area contributed by atoms with Gasteiger partial charge in [0.15, 0.2) is 5.69 Å². The molecule has 1 N–H and O–H groups in total. The molecule has 0 spiro atoms. The maximum Gasteiger partial charge on any atom is 0.211 e. The van der Waals surface area contributed by atoms with Crippen molar-refractivity contribution in [3.05, 3.63) is 35.2 Å². The largest absolute Gasteiger partial charge is 0.329 e. The minimum absolute atomic E-state index is 0.605. The van der Waals surface area contributed by atoms with Gasteiger partial charge in [-0.15, -0.1) is 0 Å². The molecule has 3 heteroatoms. The van der Waals surface area contributed by atoms with Crippen LogP contribution < -0.4 is 5.32 Å². The van der Waals surface area contributed by atoms with Crippen LogP contribution in [-0.4, -0.2) is 6.41 Å². The molecule has 13 heavy (non-hydrogen) atoms. The molecular weight excluding hydrogens is 164 g/mol. The Hall–Kier alpha value is -1.82. The molecule has 0 aliphatic rings. The number of anilines is 1. The van der Waals surface area contributed by atoms with Gasteiger partial charge < -0.3 is 5.32 Å². The Balaban J connectivity index is 3.09. The summed E-state index contributed by atoms with van der Waals surface area (Å²) < 4.78 is 0. The number of nitrogens with one attached hydrogen (secondary N) is 1. The van der Waals surface area contributed by atoms with Crippen LogP contribution in [0.1, 0.15) is 12.5 Å². The third-order valence-corrected chi connectivity index (χ3v) is 1.81. The predicted octanol–water partition coefficient (Wildman–Crippen LogP) is 2.37. The number of amides is 1. The third kappa shape index (κ3) is 2.06. The van der Waals surface area contributed by atoms with Crippen LogP contribution in [0.5, 0.6) is 0 Å². The molecule has 0 fully saturated rings. The van der Waals surface area contributed by atoms with Gasteiger partial charge in [0.2, 0.25) is 6.41 Å². The van der Waals surface area contributed by atoms with E-state index in [1.54, 1.807) is 18.2 Å². The first-order valence-corrected chi connectivity index (χ1v) is 4.02. The van der Waals surface area contributed by atoms with Crippen LogP contribution >= 0.6 is 0 Å². The van der Waals surface area contributed by atoms with Gasteiger partial charge in [0.05, 0.1) is 6.57 Å². The topological polar surface area (TPSA) is 33.5 Å². The highest BCUT2D eigenvalue weighted by molar-refractivity contribution is 5.75. The van der Waals surface area contributed by atoms with Gasteiger partial charge in [-0.2, -0.15) is 0 Å². The molecule has 0 atom stereocenters. The van der Waals surface area contributed by atoms with Crippen molar-refractivity contribution in [3.63, 3.8) is 0 Å². The summed E-state index contributed by atoms with van der Waals surface area (Å²) in [4.78, 5) is 13.5. The van der Waals surface area contributed by atoms with E-state index in [-0.39, 0.29) is 0 Å². The summed E-state index contributed by atoms with van der Waals surface area (Å²) >= 11 is 0. The van der Waals surface area contributed by atoms with Crippen molar-refractivity contribution >= 4 is 17.8 Å². The Labute approximate surface area is 77.2 Å². The number of benzene rings is 1. The van der Waals surface area contributed by atoms with Crippen molar-refractivity contribution in [2.45, 2.75) is 13.3 Å². The Morgan fingerprint density at radius 3 is 2.92 bits per heavy atom. The zero-order valence-corrected chi connectivity index (χ0v) is 7.37. The highest BCUT2D eigenvalue weighted by Crippen LogP contribution is 2.22. The van der Waals surface area contributed by atoms with Crippen LogP contribution in [0.2, 0.25) is 0 Å². The minimum Gasteiger partial charge on any atom is -0.329 e. The number of hydrogen-bond donors (Lipinski definition) is 1. The molecule has 0 bridgehead atoms. The van der Waals surface area contributed by atoms with Crippen LogP contribution in [0.4, 0.5) is 11.4 Å². The fraction of sp³-hybridized carbons (Fsp3) is 0.200. The highest BCUT2D eigenvalue weighted by Gasteiger charge is 2.00. The number of rotatable bonds is 3. The normalized spacial score (nSPS) is 8.92. The van der Waals surface area contributed by atoms with E-state index in [0.29, 0.717) is 12.1 Å². The standard InChI is InChI=1S/C10H10N2O/c1-3-8-6-9(11-2)4-5-10(8)12-7-13/h4-7H,3H2,1H3,(H,12,13). The van der Waals surface area contributed by atoms with Gasteiger partial charge in [0.1, 0.15) is 0 Å². The minimum atomic E-state index is 0.605. The van der Waals surface area contributed by atoms with E-state index in [0.717, 1.165) is 17.7 Å². The lowest BCUT2D eigenvalue weighted by Gasteiger charge is -2.05. The van der Waals surface area contributed by atoms with Crippen LogP contribution in [0.25, 0.3) is 4.85 Å². The summed E-state index contributed by atoms with van der Waals surface area (Å²) in [5, 5.41) is 2.59. The molecule has 0 saturated heterocycles. The van der Waals surface area contributed by atoms with Crippen molar-refractivity contribution in [2.75, 3.05) is 5.32 Å². The molecule has 0 radical (unpaired) electrons. The number of aryl methyl sites for hydroxylation is 1. The summed E-state index contributed by atoms with van der Waals surface area (Å²) in [6, 6.07) is 5.23. The van der Waals surface area contributed by atoms with Crippen molar-refractivity contribution in [3.8, 4) is 0 Å². The van der Waals surface area contributed by atoms with E-state index >= 15 is 0 Å². The first-order chi connectivity index (χ1) is 6.31. The molecule has 0 unspecified atom stereocenters. The van der Waals surface area contributed by atoms with Crippen molar-refractivity contribution in [2.24, 2.45) is 0 Å².